The number of nitrogens with zero attached hydrogens (tertiary/aromatic N) is 3. The van der Waals surface area contributed by atoms with Crippen molar-refractivity contribution in [2.45, 2.75) is 31.5 Å². The molecule has 3 N–H and O–H groups in total. The predicted molar refractivity (Wildman–Crippen MR) is 114 cm³/mol. The van der Waals surface area contributed by atoms with Crippen molar-refractivity contribution in [2.75, 3.05) is 13.2 Å². The summed E-state index contributed by atoms with van der Waals surface area (Å²) in [4.78, 5) is 18.2. The van der Waals surface area contributed by atoms with Crippen LogP contribution in [0.2, 0.25) is 0 Å². The average molecular weight is 443 g/mol. The van der Waals surface area contributed by atoms with Crippen LogP contribution in [0.5, 0.6) is 0 Å². The van der Waals surface area contributed by atoms with Gasteiger partial charge in [0.2, 0.25) is 5.82 Å². The van der Waals surface area contributed by atoms with Crippen LogP contribution in [0.25, 0.3) is 16.4 Å². The highest BCUT2D eigenvalue weighted by molar-refractivity contribution is 7.13. The van der Waals surface area contributed by atoms with E-state index in [4.69, 9.17) is 4.74 Å². The van der Waals surface area contributed by atoms with Crippen LogP contribution in [0, 0.1) is 11.7 Å². The summed E-state index contributed by atoms with van der Waals surface area (Å²) < 4.78 is 20.7. The van der Waals surface area contributed by atoms with Crippen LogP contribution in [0.1, 0.15) is 29.9 Å². The van der Waals surface area contributed by atoms with Gasteiger partial charge in [-0.2, -0.15) is 0 Å². The number of nitrogens with one attached hydrogen (secondary N) is 3. The van der Waals surface area contributed by atoms with Gasteiger partial charge in [0.15, 0.2) is 5.82 Å². The lowest BCUT2D eigenvalue weighted by Gasteiger charge is -2.26. The van der Waals surface area contributed by atoms with E-state index in [9.17, 15) is 9.18 Å². The van der Waals surface area contributed by atoms with E-state index in [-0.39, 0.29) is 29.8 Å². The number of benzene rings is 1. The third-order valence-electron chi connectivity index (χ3n) is 5.68. The summed E-state index contributed by atoms with van der Waals surface area (Å²) in [6.07, 6.45) is 2.60. The molecule has 5 rings (SSSR count). The Balaban J connectivity index is 1.34. The molecule has 2 atom stereocenters. The summed E-state index contributed by atoms with van der Waals surface area (Å²) in [5.74, 6) is 0.322. The van der Waals surface area contributed by atoms with Gasteiger partial charge < -0.3 is 10.1 Å². The minimum Gasteiger partial charge on any atom is -0.381 e. The van der Waals surface area contributed by atoms with Crippen LogP contribution in [-0.4, -0.2) is 46.1 Å². The van der Waals surface area contributed by atoms with Crippen molar-refractivity contribution < 1.29 is 13.9 Å². The number of ether oxygens (including phenoxy) is 1. The van der Waals surface area contributed by atoms with Gasteiger partial charge in [0.25, 0.3) is 5.91 Å². The Labute approximate surface area is 182 Å². The number of carbonyl (C=O) groups is 1. The van der Waals surface area contributed by atoms with E-state index >= 15 is 0 Å². The first kappa shape index (κ1) is 20.3. The molecule has 2 aromatic heterocycles. The maximum absolute atomic E-state index is 13.8. The van der Waals surface area contributed by atoms with Crippen molar-refractivity contribution >= 4 is 17.2 Å². The molecule has 2 aliphatic heterocycles. The molecule has 2 saturated heterocycles. The molecule has 0 radical (unpaired) electrons. The van der Waals surface area contributed by atoms with Crippen LogP contribution in [0.15, 0.2) is 41.8 Å². The molecule has 162 valence electrons. The van der Waals surface area contributed by atoms with Crippen molar-refractivity contribution in [3.63, 3.8) is 0 Å². The number of hydrazine groups is 1. The number of carbonyl (C=O) groups excluding carboxylic acids is 1. The van der Waals surface area contributed by atoms with Crippen molar-refractivity contribution in [1.82, 2.24) is 30.9 Å². The van der Waals surface area contributed by atoms with Crippen LogP contribution < -0.4 is 16.2 Å². The summed E-state index contributed by atoms with van der Waals surface area (Å²) >= 11 is 1.48. The minimum absolute atomic E-state index is 0.0453. The van der Waals surface area contributed by atoms with Gasteiger partial charge in [-0.25, -0.2) is 19.5 Å². The zero-order valence-corrected chi connectivity index (χ0v) is 17.6. The molecule has 0 bridgehead atoms. The Hall–Kier alpha value is -2.66. The van der Waals surface area contributed by atoms with E-state index in [0.717, 1.165) is 37.4 Å². The minimum atomic E-state index is -0.378. The van der Waals surface area contributed by atoms with E-state index in [1.165, 1.54) is 28.2 Å². The number of aromatic nitrogens is 3. The fourth-order valence-electron chi connectivity index (χ4n) is 4.09. The zero-order valence-electron chi connectivity index (χ0n) is 16.8. The van der Waals surface area contributed by atoms with Gasteiger partial charge in [0.1, 0.15) is 5.82 Å². The smallest absolute Gasteiger partial charge is 0.292 e. The summed E-state index contributed by atoms with van der Waals surface area (Å²) in [7, 11) is 0. The lowest BCUT2D eigenvalue weighted by molar-refractivity contribution is 0.0553. The number of halogens is 1. The number of hydrogen-bond acceptors (Lipinski definition) is 7. The van der Waals surface area contributed by atoms with E-state index in [1.54, 1.807) is 12.1 Å². The molecular weight excluding hydrogens is 419 g/mol. The topological polar surface area (TPSA) is 93.1 Å². The fourth-order valence-corrected chi connectivity index (χ4v) is 4.79. The molecule has 0 saturated carbocycles. The van der Waals surface area contributed by atoms with Gasteiger partial charge in [-0.3, -0.25) is 10.2 Å². The summed E-state index contributed by atoms with van der Waals surface area (Å²) in [5, 5.41) is 9.28. The van der Waals surface area contributed by atoms with Crippen molar-refractivity contribution in [3.8, 4) is 16.4 Å². The molecule has 10 heteroatoms. The van der Waals surface area contributed by atoms with Gasteiger partial charge in [-0.05, 0) is 54.8 Å². The summed E-state index contributed by atoms with van der Waals surface area (Å²) in [5.41, 5.74) is 6.97. The SMILES string of the molecule is O=C(NC1CC(C2CCOCC2)NN1)c1nc(-c2cccs2)n(-c2cccc(F)c2)n1. The monoisotopic (exact) mass is 442 g/mol. The second-order valence-electron chi connectivity index (χ2n) is 7.73. The van der Waals surface area contributed by atoms with Crippen LogP contribution in [-0.2, 0) is 4.74 Å². The summed E-state index contributed by atoms with van der Waals surface area (Å²) in [6.45, 7) is 1.57. The summed E-state index contributed by atoms with van der Waals surface area (Å²) in [6, 6.07) is 10.2. The van der Waals surface area contributed by atoms with Crippen molar-refractivity contribution in [2.24, 2.45) is 5.92 Å². The van der Waals surface area contributed by atoms with Gasteiger partial charge >= 0.3 is 0 Å². The molecule has 8 nitrogen and oxygen atoms in total. The molecule has 31 heavy (non-hydrogen) atoms. The molecule has 4 heterocycles. The average Bonchev–Trinajstić information content (AvgIpc) is 3.54. The maximum Gasteiger partial charge on any atom is 0.292 e. The second-order valence-corrected chi connectivity index (χ2v) is 8.68. The van der Waals surface area contributed by atoms with Crippen LogP contribution >= 0.6 is 11.3 Å². The second kappa shape index (κ2) is 8.83. The van der Waals surface area contributed by atoms with E-state index in [1.807, 2.05) is 17.5 Å². The van der Waals surface area contributed by atoms with E-state index < -0.39 is 0 Å². The molecule has 0 spiro atoms. The Kier molecular flexibility index (Phi) is 5.77. The normalized spacial score (nSPS) is 22.0. The number of hydrogen-bond donors (Lipinski definition) is 3. The van der Waals surface area contributed by atoms with Gasteiger partial charge in [-0.15, -0.1) is 16.4 Å². The molecule has 2 aliphatic rings. The molecule has 1 amide bonds. The molecule has 0 aliphatic carbocycles. The Morgan fingerprint density at radius 1 is 1.23 bits per heavy atom. The Morgan fingerprint density at radius 3 is 2.87 bits per heavy atom. The fraction of sp³-hybridized carbons (Fsp3) is 0.381. The Morgan fingerprint density at radius 2 is 2.10 bits per heavy atom. The molecule has 2 fully saturated rings. The first-order chi connectivity index (χ1) is 15.2. The first-order valence-electron chi connectivity index (χ1n) is 10.3. The van der Waals surface area contributed by atoms with Crippen molar-refractivity contribution in [3.05, 3.63) is 53.4 Å². The quantitative estimate of drug-likeness (QED) is 0.562. The highest BCUT2D eigenvalue weighted by Gasteiger charge is 2.33. The lowest BCUT2D eigenvalue weighted by atomic mass is 9.90. The zero-order chi connectivity index (χ0) is 21.2. The largest absolute Gasteiger partial charge is 0.381 e. The molecular formula is C21H23FN6O2S. The molecule has 3 aromatic rings. The number of thiophene rings is 1. The first-order valence-corrected chi connectivity index (χ1v) is 11.2. The highest BCUT2D eigenvalue weighted by Crippen LogP contribution is 2.26. The van der Waals surface area contributed by atoms with Crippen molar-refractivity contribution in [1.29, 1.82) is 0 Å². The van der Waals surface area contributed by atoms with Crippen LogP contribution in [0.4, 0.5) is 4.39 Å². The highest BCUT2D eigenvalue weighted by atomic mass is 32.1. The van der Waals surface area contributed by atoms with Gasteiger partial charge in [0.05, 0.1) is 16.7 Å². The molecule has 1 aromatic carbocycles. The van der Waals surface area contributed by atoms with Gasteiger partial charge in [-0.1, -0.05) is 12.1 Å². The van der Waals surface area contributed by atoms with Crippen LogP contribution in [0.3, 0.4) is 0 Å². The number of amides is 1. The third-order valence-corrected chi connectivity index (χ3v) is 6.54. The van der Waals surface area contributed by atoms with E-state index in [2.05, 4.69) is 26.3 Å². The standard InChI is InChI=1S/C21H23FN6O2S/c22-14-3-1-4-15(11-14)28-20(17-5-2-10-31-17)24-19(27-28)21(29)23-18-12-16(25-26-18)13-6-8-30-9-7-13/h1-5,10-11,13,16,18,25-26H,6-9,12H2,(H,23,29). The predicted octanol–water partition coefficient (Wildman–Crippen LogP) is 2.48. The maximum atomic E-state index is 13.8. The third kappa shape index (κ3) is 4.38. The number of rotatable bonds is 5. The van der Waals surface area contributed by atoms with Gasteiger partial charge in [0, 0.05) is 19.3 Å². The van der Waals surface area contributed by atoms with E-state index in [0.29, 0.717) is 17.4 Å². The Bertz CT molecular complexity index is 1050. The lowest BCUT2D eigenvalue weighted by Crippen LogP contribution is -2.45. The molecule has 2 unspecified atom stereocenters.